The number of piperidine rings is 1. The largest absolute Gasteiger partial charge is 0.495 e. The molecule has 3 rings (SSSR count). The van der Waals surface area contributed by atoms with Crippen LogP contribution in [0.25, 0.3) is 0 Å². The lowest BCUT2D eigenvalue weighted by atomic mass is 10.1. The number of urea groups is 1. The molecule has 0 bridgehead atoms. The molecule has 2 amide bonds. The fourth-order valence-corrected chi connectivity index (χ4v) is 3.21. The van der Waals surface area contributed by atoms with Gasteiger partial charge in [-0.1, -0.05) is 6.07 Å². The second-order valence-corrected chi connectivity index (χ2v) is 6.69. The molecule has 27 heavy (non-hydrogen) atoms. The van der Waals surface area contributed by atoms with E-state index in [0.29, 0.717) is 30.2 Å². The van der Waals surface area contributed by atoms with Gasteiger partial charge in [-0.3, -0.25) is 0 Å². The zero-order chi connectivity index (χ0) is 19.4. The van der Waals surface area contributed by atoms with E-state index in [1.165, 1.54) is 6.07 Å². The lowest BCUT2D eigenvalue weighted by molar-refractivity contribution is 0.196. The van der Waals surface area contributed by atoms with Crippen molar-refractivity contribution in [3.8, 4) is 5.75 Å². The van der Waals surface area contributed by atoms with Crippen molar-refractivity contribution in [3.63, 3.8) is 0 Å². The Kier molecular flexibility index (Phi) is 5.78. The summed E-state index contributed by atoms with van der Waals surface area (Å²) in [5.74, 6) is -1.17. The molecule has 1 atom stereocenters. The number of likely N-dealkylation sites (tertiary alicyclic amines) is 1. The molecule has 0 aromatic heterocycles. The predicted octanol–water partition coefficient (Wildman–Crippen LogP) is 4.39. The first-order chi connectivity index (χ1) is 13.0. The Hall–Kier alpha value is -2.83. The molecular weight excluding hydrogens is 352 g/mol. The van der Waals surface area contributed by atoms with Crippen molar-refractivity contribution in [2.45, 2.75) is 25.8 Å². The summed E-state index contributed by atoms with van der Waals surface area (Å²) in [5, 5.41) is 6.07. The highest BCUT2D eigenvalue weighted by atomic mass is 19.2. The lowest BCUT2D eigenvalue weighted by Gasteiger charge is -2.33. The van der Waals surface area contributed by atoms with Crippen molar-refractivity contribution < 1.29 is 18.3 Å². The summed E-state index contributed by atoms with van der Waals surface area (Å²) in [4.78, 5) is 14.4. The third kappa shape index (κ3) is 4.67. The van der Waals surface area contributed by atoms with Crippen LogP contribution in [-0.4, -0.2) is 37.2 Å². The number of hydrogen-bond donors (Lipinski definition) is 2. The lowest BCUT2D eigenvalue weighted by Crippen LogP contribution is -2.46. The molecule has 2 aromatic rings. The number of benzene rings is 2. The maximum atomic E-state index is 13.4. The van der Waals surface area contributed by atoms with Crippen LogP contribution in [-0.2, 0) is 0 Å². The molecule has 1 aliphatic heterocycles. The van der Waals surface area contributed by atoms with E-state index in [-0.39, 0.29) is 12.1 Å². The number of halogens is 2. The fraction of sp³-hybridized carbons (Fsp3) is 0.350. The van der Waals surface area contributed by atoms with E-state index in [1.54, 1.807) is 12.0 Å². The predicted molar refractivity (Wildman–Crippen MR) is 101 cm³/mol. The number of nitrogens with zero attached hydrogens (tertiary/aromatic N) is 1. The van der Waals surface area contributed by atoms with Gasteiger partial charge in [0.05, 0.1) is 12.8 Å². The first-order valence-corrected chi connectivity index (χ1v) is 8.88. The van der Waals surface area contributed by atoms with Crippen molar-refractivity contribution >= 4 is 17.4 Å². The van der Waals surface area contributed by atoms with Crippen LogP contribution >= 0.6 is 0 Å². The second kappa shape index (κ2) is 8.24. The minimum atomic E-state index is -0.892. The van der Waals surface area contributed by atoms with Gasteiger partial charge in [-0.25, -0.2) is 13.6 Å². The standard InChI is InChI=1S/C20H23F2N3O2/c1-13-5-8-19(27-2)18(10-13)24-20(26)25-9-3-4-15(12-25)23-14-6-7-16(21)17(22)11-14/h5-8,10-11,15,23H,3-4,9,12H2,1-2H3,(H,24,26). The Morgan fingerprint density at radius 3 is 2.74 bits per heavy atom. The number of carbonyl (C=O) groups excluding carboxylic acids is 1. The summed E-state index contributed by atoms with van der Waals surface area (Å²) in [6.07, 6.45) is 1.66. The molecule has 1 fully saturated rings. The Morgan fingerprint density at radius 1 is 1.19 bits per heavy atom. The number of amides is 2. The zero-order valence-electron chi connectivity index (χ0n) is 15.4. The van der Waals surface area contributed by atoms with Crippen molar-refractivity contribution in [3.05, 3.63) is 53.6 Å². The molecule has 0 radical (unpaired) electrons. The highest BCUT2D eigenvalue weighted by molar-refractivity contribution is 5.91. The van der Waals surface area contributed by atoms with E-state index in [9.17, 15) is 13.6 Å². The SMILES string of the molecule is COc1ccc(C)cc1NC(=O)N1CCCC(Nc2ccc(F)c(F)c2)C1. The monoisotopic (exact) mass is 375 g/mol. The van der Waals surface area contributed by atoms with Gasteiger partial charge in [-0.05, 0) is 49.6 Å². The van der Waals surface area contributed by atoms with E-state index in [4.69, 9.17) is 4.74 Å². The number of hydrogen-bond acceptors (Lipinski definition) is 3. The zero-order valence-corrected chi connectivity index (χ0v) is 15.4. The smallest absolute Gasteiger partial charge is 0.322 e. The van der Waals surface area contributed by atoms with Gasteiger partial charge < -0.3 is 20.3 Å². The second-order valence-electron chi connectivity index (χ2n) is 6.69. The molecule has 1 unspecified atom stereocenters. The van der Waals surface area contributed by atoms with Crippen molar-refractivity contribution in [1.82, 2.24) is 4.90 Å². The first kappa shape index (κ1) is 18.9. The summed E-state index contributed by atoms with van der Waals surface area (Å²) in [6, 6.07) is 9.06. The Balaban J connectivity index is 1.64. The third-order valence-electron chi connectivity index (χ3n) is 4.60. The molecule has 144 valence electrons. The number of anilines is 2. The van der Waals surface area contributed by atoms with Crippen LogP contribution in [0.2, 0.25) is 0 Å². The summed E-state index contributed by atoms with van der Waals surface area (Å²) in [7, 11) is 1.56. The van der Waals surface area contributed by atoms with E-state index in [2.05, 4.69) is 10.6 Å². The van der Waals surface area contributed by atoms with Gasteiger partial charge in [-0.2, -0.15) is 0 Å². The minimum absolute atomic E-state index is 0.0335. The van der Waals surface area contributed by atoms with Gasteiger partial charge in [0.25, 0.3) is 0 Å². The Bertz CT molecular complexity index is 829. The van der Waals surface area contributed by atoms with Crippen molar-refractivity contribution in [2.24, 2.45) is 0 Å². The van der Waals surface area contributed by atoms with Crippen LogP contribution in [0, 0.1) is 18.6 Å². The highest BCUT2D eigenvalue weighted by Gasteiger charge is 2.24. The average Bonchev–Trinajstić information content (AvgIpc) is 2.65. The minimum Gasteiger partial charge on any atom is -0.495 e. The van der Waals surface area contributed by atoms with Gasteiger partial charge in [0, 0.05) is 30.9 Å². The van der Waals surface area contributed by atoms with Gasteiger partial charge in [0.2, 0.25) is 0 Å². The maximum absolute atomic E-state index is 13.4. The van der Waals surface area contributed by atoms with E-state index in [1.807, 2.05) is 25.1 Å². The molecule has 0 spiro atoms. The topological polar surface area (TPSA) is 53.6 Å². The number of nitrogens with one attached hydrogen (secondary N) is 2. The maximum Gasteiger partial charge on any atom is 0.322 e. The molecule has 0 saturated carbocycles. The molecule has 5 nitrogen and oxygen atoms in total. The van der Waals surface area contributed by atoms with E-state index in [0.717, 1.165) is 30.5 Å². The van der Waals surface area contributed by atoms with Crippen LogP contribution in [0.3, 0.4) is 0 Å². The summed E-state index contributed by atoms with van der Waals surface area (Å²) >= 11 is 0. The highest BCUT2D eigenvalue weighted by Crippen LogP contribution is 2.26. The molecule has 2 N–H and O–H groups in total. The van der Waals surface area contributed by atoms with Crippen molar-refractivity contribution in [2.75, 3.05) is 30.8 Å². The normalized spacial score (nSPS) is 16.7. The third-order valence-corrected chi connectivity index (χ3v) is 4.60. The molecule has 1 saturated heterocycles. The Morgan fingerprint density at radius 2 is 2.00 bits per heavy atom. The number of carbonyl (C=O) groups is 1. The molecule has 0 aliphatic carbocycles. The average molecular weight is 375 g/mol. The first-order valence-electron chi connectivity index (χ1n) is 8.88. The van der Waals surface area contributed by atoms with Gasteiger partial charge in [0.1, 0.15) is 5.75 Å². The summed E-state index contributed by atoms with van der Waals surface area (Å²) < 4.78 is 31.7. The molecule has 7 heteroatoms. The van der Waals surface area contributed by atoms with Crippen LogP contribution in [0.4, 0.5) is 25.0 Å². The van der Waals surface area contributed by atoms with Crippen molar-refractivity contribution in [1.29, 1.82) is 0 Å². The molecule has 1 aliphatic rings. The molecule has 2 aromatic carbocycles. The number of ether oxygens (including phenoxy) is 1. The van der Waals surface area contributed by atoms with Crippen LogP contribution in [0.1, 0.15) is 18.4 Å². The van der Waals surface area contributed by atoms with Crippen LogP contribution in [0.5, 0.6) is 5.75 Å². The number of rotatable bonds is 4. The summed E-state index contributed by atoms with van der Waals surface area (Å²) in [5.41, 5.74) is 2.14. The summed E-state index contributed by atoms with van der Waals surface area (Å²) in [6.45, 7) is 3.05. The molecular formula is C20H23F2N3O2. The Labute approximate surface area is 157 Å². The quantitative estimate of drug-likeness (QED) is 0.833. The number of aryl methyl sites for hydroxylation is 1. The number of methoxy groups -OCH3 is 1. The van der Waals surface area contributed by atoms with E-state index < -0.39 is 11.6 Å². The van der Waals surface area contributed by atoms with Crippen LogP contribution in [0.15, 0.2) is 36.4 Å². The van der Waals surface area contributed by atoms with Crippen LogP contribution < -0.4 is 15.4 Å². The van der Waals surface area contributed by atoms with Gasteiger partial charge in [0.15, 0.2) is 11.6 Å². The van der Waals surface area contributed by atoms with E-state index >= 15 is 0 Å². The fourth-order valence-electron chi connectivity index (χ4n) is 3.21. The molecule has 1 heterocycles. The van der Waals surface area contributed by atoms with Gasteiger partial charge in [-0.15, -0.1) is 0 Å². The van der Waals surface area contributed by atoms with Gasteiger partial charge >= 0.3 is 6.03 Å².